The number of aliphatic hydroxyl groups is 1. The van der Waals surface area contributed by atoms with Crippen LogP contribution >= 0.6 is 0 Å². The van der Waals surface area contributed by atoms with Crippen molar-refractivity contribution in [3.05, 3.63) is 0 Å². The average molecular weight is 203 g/mol. The number of esters is 1. The number of nitrogens with zero attached hydrogens (tertiary/aromatic N) is 1. The Morgan fingerprint density at radius 3 is 2.29 bits per heavy atom. The van der Waals surface area contributed by atoms with Crippen molar-refractivity contribution in [3.63, 3.8) is 0 Å². The summed E-state index contributed by atoms with van der Waals surface area (Å²) < 4.78 is 5.07. The molecule has 0 fully saturated rings. The molecular weight excluding hydrogens is 182 g/mol. The summed E-state index contributed by atoms with van der Waals surface area (Å²) in [6.07, 6.45) is -0.602. The number of carbonyl (C=O) groups is 1. The second-order valence-corrected chi connectivity index (χ2v) is 4.71. The lowest BCUT2D eigenvalue weighted by atomic mass is 10.2. The van der Waals surface area contributed by atoms with Crippen LogP contribution in [0.3, 0.4) is 0 Å². The summed E-state index contributed by atoms with van der Waals surface area (Å²) in [4.78, 5) is 13.1. The van der Waals surface area contributed by atoms with E-state index in [1.54, 1.807) is 0 Å². The van der Waals surface area contributed by atoms with Gasteiger partial charge in [0.15, 0.2) is 0 Å². The van der Waals surface area contributed by atoms with Gasteiger partial charge in [-0.25, -0.2) is 0 Å². The third-order valence-electron chi connectivity index (χ3n) is 1.40. The number of likely N-dealkylation sites (N-methyl/N-ethyl adjacent to an activating group) is 1. The largest absolute Gasteiger partial charge is 0.460 e. The van der Waals surface area contributed by atoms with Gasteiger partial charge in [-0.1, -0.05) is 0 Å². The molecular formula is C10H21NO3. The van der Waals surface area contributed by atoms with E-state index in [2.05, 4.69) is 0 Å². The third-order valence-corrected chi connectivity index (χ3v) is 1.40. The average Bonchev–Trinajstić information content (AvgIpc) is 1.77. The Morgan fingerprint density at radius 2 is 1.93 bits per heavy atom. The fraction of sp³-hybridized carbons (Fsp3) is 0.900. The Balaban J connectivity index is 3.83. The van der Waals surface area contributed by atoms with E-state index < -0.39 is 11.7 Å². The molecule has 0 aliphatic carbocycles. The van der Waals surface area contributed by atoms with E-state index in [1.807, 2.05) is 39.8 Å². The Morgan fingerprint density at radius 1 is 1.43 bits per heavy atom. The minimum Gasteiger partial charge on any atom is -0.460 e. The first kappa shape index (κ1) is 13.4. The maximum atomic E-state index is 11.2. The summed E-state index contributed by atoms with van der Waals surface area (Å²) in [5, 5.41) is 9.44. The number of ether oxygens (including phenoxy) is 1. The lowest BCUT2D eigenvalue weighted by Crippen LogP contribution is -2.31. The lowest BCUT2D eigenvalue weighted by molar-refractivity contribution is -0.157. The first-order valence-electron chi connectivity index (χ1n) is 4.75. The highest BCUT2D eigenvalue weighted by molar-refractivity contribution is 5.70. The molecule has 0 aromatic carbocycles. The number of carbonyl (C=O) groups excluding carboxylic acids is 1. The monoisotopic (exact) mass is 203 g/mol. The van der Waals surface area contributed by atoms with Crippen LogP contribution in [-0.2, 0) is 9.53 Å². The fourth-order valence-corrected chi connectivity index (χ4v) is 1.06. The molecule has 1 atom stereocenters. The molecule has 0 aromatic rings. The van der Waals surface area contributed by atoms with E-state index in [4.69, 9.17) is 4.74 Å². The first-order valence-corrected chi connectivity index (χ1v) is 4.75. The predicted octanol–water partition coefficient (Wildman–Crippen LogP) is 0.641. The molecule has 0 aliphatic rings. The van der Waals surface area contributed by atoms with Crippen molar-refractivity contribution in [1.29, 1.82) is 0 Å². The molecule has 0 aliphatic heterocycles. The van der Waals surface area contributed by atoms with Crippen LogP contribution in [0, 0.1) is 0 Å². The molecule has 1 N–H and O–H groups in total. The number of hydrogen-bond acceptors (Lipinski definition) is 4. The second kappa shape index (κ2) is 5.32. The van der Waals surface area contributed by atoms with Gasteiger partial charge in [-0.05, 0) is 34.9 Å². The highest BCUT2D eigenvalue weighted by atomic mass is 16.6. The van der Waals surface area contributed by atoms with E-state index in [0.29, 0.717) is 6.54 Å². The summed E-state index contributed by atoms with van der Waals surface area (Å²) in [6.45, 7) is 5.90. The van der Waals surface area contributed by atoms with Crippen LogP contribution < -0.4 is 0 Å². The molecule has 1 unspecified atom stereocenters. The van der Waals surface area contributed by atoms with E-state index in [1.165, 1.54) is 0 Å². The standard InChI is InChI=1S/C10H21NO3/c1-10(2,3)14-9(13)6-8(12)7-11(4)5/h8,12H,6-7H2,1-5H3. The zero-order chi connectivity index (χ0) is 11.4. The summed E-state index contributed by atoms with van der Waals surface area (Å²) >= 11 is 0. The highest BCUT2D eigenvalue weighted by Crippen LogP contribution is 2.09. The Bertz CT molecular complexity index is 184. The van der Waals surface area contributed by atoms with Crippen LogP contribution in [-0.4, -0.2) is 48.3 Å². The zero-order valence-corrected chi connectivity index (χ0v) is 9.70. The smallest absolute Gasteiger partial charge is 0.308 e. The molecule has 0 heterocycles. The number of rotatable bonds is 4. The molecule has 4 heteroatoms. The van der Waals surface area contributed by atoms with Gasteiger partial charge in [-0.2, -0.15) is 0 Å². The summed E-state index contributed by atoms with van der Waals surface area (Å²) in [6, 6.07) is 0. The van der Waals surface area contributed by atoms with Crippen LogP contribution in [0.5, 0.6) is 0 Å². The fourth-order valence-electron chi connectivity index (χ4n) is 1.06. The van der Waals surface area contributed by atoms with Crippen molar-refractivity contribution < 1.29 is 14.6 Å². The molecule has 84 valence electrons. The Labute approximate surface area is 85.9 Å². The number of hydrogen-bond donors (Lipinski definition) is 1. The van der Waals surface area contributed by atoms with Gasteiger partial charge < -0.3 is 14.7 Å². The Kier molecular flexibility index (Phi) is 5.08. The SMILES string of the molecule is CN(C)CC(O)CC(=O)OC(C)(C)C. The predicted molar refractivity (Wildman–Crippen MR) is 55.0 cm³/mol. The summed E-state index contributed by atoms with van der Waals surface area (Å²) in [7, 11) is 3.69. The first-order chi connectivity index (χ1) is 6.20. The minimum absolute atomic E-state index is 0.0510. The molecule has 0 saturated heterocycles. The Hall–Kier alpha value is -0.610. The molecule has 0 aromatic heterocycles. The van der Waals surface area contributed by atoms with Crippen molar-refractivity contribution in [1.82, 2.24) is 4.90 Å². The summed E-state index contributed by atoms with van der Waals surface area (Å²) in [5.74, 6) is -0.355. The molecule has 14 heavy (non-hydrogen) atoms. The molecule has 0 rings (SSSR count). The molecule has 0 amide bonds. The normalized spacial score (nSPS) is 14.2. The highest BCUT2D eigenvalue weighted by Gasteiger charge is 2.19. The molecule has 0 spiro atoms. The molecule has 0 saturated carbocycles. The van der Waals surface area contributed by atoms with Crippen LogP contribution in [0.25, 0.3) is 0 Å². The van der Waals surface area contributed by atoms with Gasteiger partial charge in [-0.3, -0.25) is 4.79 Å². The van der Waals surface area contributed by atoms with Gasteiger partial charge in [0.05, 0.1) is 12.5 Å². The maximum Gasteiger partial charge on any atom is 0.308 e. The van der Waals surface area contributed by atoms with Gasteiger partial charge in [0.2, 0.25) is 0 Å². The van der Waals surface area contributed by atoms with Crippen LogP contribution in [0.2, 0.25) is 0 Å². The van der Waals surface area contributed by atoms with Crippen molar-refractivity contribution in [2.45, 2.75) is 38.9 Å². The van der Waals surface area contributed by atoms with Crippen LogP contribution in [0.1, 0.15) is 27.2 Å². The van der Waals surface area contributed by atoms with E-state index >= 15 is 0 Å². The minimum atomic E-state index is -0.653. The molecule has 0 radical (unpaired) electrons. The van der Waals surface area contributed by atoms with Gasteiger partial charge >= 0.3 is 5.97 Å². The molecule has 4 nitrogen and oxygen atoms in total. The van der Waals surface area contributed by atoms with Gasteiger partial charge in [0, 0.05) is 6.54 Å². The van der Waals surface area contributed by atoms with Gasteiger partial charge in [0.25, 0.3) is 0 Å². The van der Waals surface area contributed by atoms with E-state index in [9.17, 15) is 9.90 Å². The van der Waals surface area contributed by atoms with Gasteiger partial charge in [0.1, 0.15) is 5.60 Å². The third kappa shape index (κ3) is 8.01. The quantitative estimate of drug-likeness (QED) is 0.681. The summed E-state index contributed by atoms with van der Waals surface area (Å²) in [5.41, 5.74) is -0.477. The van der Waals surface area contributed by atoms with Crippen molar-refractivity contribution >= 4 is 5.97 Å². The topological polar surface area (TPSA) is 49.8 Å². The van der Waals surface area contributed by atoms with Crippen LogP contribution in [0.15, 0.2) is 0 Å². The second-order valence-electron chi connectivity index (χ2n) is 4.71. The van der Waals surface area contributed by atoms with Crippen LogP contribution in [0.4, 0.5) is 0 Å². The number of aliphatic hydroxyl groups excluding tert-OH is 1. The lowest BCUT2D eigenvalue weighted by Gasteiger charge is -2.21. The maximum absolute atomic E-state index is 11.2. The van der Waals surface area contributed by atoms with Gasteiger partial charge in [-0.15, -0.1) is 0 Å². The van der Waals surface area contributed by atoms with Crippen molar-refractivity contribution in [2.75, 3.05) is 20.6 Å². The van der Waals surface area contributed by atoms with Crippen molar-refractivity contribution in [3.8, 4) is 0 Å². The molecule has 0 bridgehead atoms. The van der Waals surface area contributed by atoms with E-state index in [-0.39, 0.29) is 12.4 Å². The zero-order valence-electron chi connectivity index (χ0n) is 9.70. The van der Waals surface area contributed by atoms with E-state index in [0.717, 1.165) is 0 Å². The van der Waals surface area contributed by atoms with Crippen molar-refractivity contribution in [2.24, 2.45) is 0 Å².